The number of rotatable bonds is 1. The SMILES string of the molecule is O=C(O)[CH2][Mo]. The van der Waals surface area contributed by atoms with Crippen molar-refractivity contribution in [2.75, 3.05) is 0 Å². The Morgan fingerprint density at radius 2 is 2.20 bits per heavy atom. The summed E-state index contributed by atoms with van der Waals surface area (Å²) in [7, 11) is 0. The molecule has 0 aliphatic carbocycles. The molecule has 0 radical (unpaired) electrons. The molecule has 3 heteroatoms. The van der Waals surface area contributed by atoms with Crippen LogP contribution < -0.4 is 0 Å². The predicted octanol–water partition coefficient (Wildman–Crippen LogP) is 0.0361. The molecule has 0 fully saturated rings. The maximum atomic E-state index is 9.37. The van der Waals surface area contributed by atoms with E-state index in [1.165, 1.54) is 0 Å². The summed E-state index contributed by atoms with van der Waals surface area (Å²) in [4.78, 5) is 9.60. The van der Waals surface area contributed by atoms with Crippen molar-refractivity contribution >= 4 is 5.97 Å². The van der Waals surface area contributed by atoms with E-state index in [0.29, 0.717) is 0 Å². The Morgan fingerprint density at radius 1 is 2.00 bits per heavy atom. The van der Waals surface area contributed by atoms with Crippen LogP contribution in [0.1, 0.15) is 0 Å². The van der Waals surface area contributed by atoms with Gasteiger partial charge in [0.2, 0.25) is 0 Å². The van der Waals surface area contributed by atoms with Gasteiger partial charge < -0.3 is 0 Å². The summed E-state index contributed by atoms with van der Waals surface area (Å²) in [5.41, 5.74) is 0. The summed E-state index contributed by atoms with van der Waals surface area (Å²) >= 11 is 1.54. The van der Waals surface area contributed by atoms with Crippen LogP contribution in [-0.4, -0.2) is 11.1 Å². The standard InChI is InChI=1S/C2H3O2.Mo/c1-2(3)4;/h1H2,(H,3,4);. The van der Waals surface area contributed by atoms with Crippen molar-refractivity contribution < 1.29 is 29.7 Å². The van der Waals surface area contributed by atoms with Crippen LogP contribution in [0.15, 0.2) is 0 Å². The third kappa shape index (κ3) is 4.16. The Balaban J connectivity index is 2.85. The van der Waals surface area contributed by atoms with Gasteiger partial charge in [-0.05, 0) is 0 Å². The van der Waals surface area contributed by atoms with Gasteiger partial charge in [0.1, 0.15) is 0 Å². The summed E-state index contributed by atoms with van der Waals surface area (Å²) in [5, 5.41) is 7.72. The monoisotopic (exact) mass is 157 g/mol. The molecule has 0 aromatic carbocycles. The zero-order chi connectivity index (χ0) is 4.28. The molecule has 1 N–H and O–H groups in total. The Labute approximate surface area is 41.1 Å². The van der Waals surface area contributed by atoms with Gasteiger partial charge in [0.05, 0.1) is 0 Å². The molecular formula is C2H3MoO2. The average Bonchev–Trinajstić information content (AvgIpc) is 1.38. The van der Waals surface area contributed by atoms with Gasteiger partial charge in [-0.2, -0.15) is 0 Å². The molecule has 0 rings (SSSR count). The first-order valence-corrected chi connectivity index (χ1v) is 2.49. The van der Waals surface area contributed by atoms with E-state index >= 15 is 0 Å². The van der Waals surface area contributed by atoms with Crippen molar-refractivity contribution in [2.45, 2.75) is 4.81 Å². The van der Waals surface area contributed by atoms with Crippen molar-refractivity contribution in [3.05, 3.63) is 0 Å². The van der Waals surface area contributed by atoms with Gasteiger partial charge in [0.15, 0.2) is 0 Å². The Hall–Kier alpha value is 0.158. The maximum absolute atomic E-state index is 9.37. The van der Waals surface area contributed by atoms with Gasteiger partial charge in [0, 0.05) is 0 Å². The van der Waals surface area contributed by atoms with Crippen molar-refractivity contribution in [3.63, 3.8) is 0 Å². The minimum absolute atomic E-state index is 0.232. The van der Waals surface area contributed by atoms with E-state index in [1.54, 1.807) is 19.8 Å². The second-order valence-electron chi connectivity index (χ2n) is 0.538. The first kappa shape index (κ1) is 5.16. The van der Waals surface area contributed by atoms with E-state index in [1.807, 2.05) is 0 Å². The van der Waals surface area contributed by atoms with Crippen molar-refractivity contribution in [1.82, 2.24) is 0 Å². The molecule has 0 aliphatic rings. The molecule has 0 aromatic heterocycles. The van der Waals surface area contributed by atoms with E-state index in [4.69, 9.17) is 5.11 Å². The second kappa shape index (κ2) is 2.40. The van der Waals surface area contributed by atoms with Crippen LogP contribution in [-0.2, 0) is 24.6 Å². The normalized spacial score (nSPS) is 7.20. The fraction of sp³-hybridized carbons (Fsp3) is 0.500. The summed E-state index contributed by atoms with van der Waals surface area (Å²) in [6.07, 6.45) is 0. The Bertz CT molecular complexity index is 42.9. The molecule has 5 heavy (non-hydrogen) atoms. The predicted molar refractivity (Wildman–Crippen MR) is 12.4 cm³/mol. The molecule has 0 spiro atoms. The Kier molecular flexibility index (Phi) is 2.47. The third-order valence-corrected chi connectivity index (χ3v) is 0.730. The minimum atomic E-state index is -0.741. The molecule has 0 aliphatic heterocycles. The molecule has 0 amide bonds. The van der Waals surface area contributed by atoms with Crippen molar-refractivity contribution in [2.24, 2.45) is 0 Å². The van der Waals surface area contributed by atoms with E-state index < -0.39 is 5.97 Å². The molecule has 2 nitrogen and oxygen atoms in total. The first-order chi connectivity index (χ1) is 2.27. The molecule has 29 valence electrons. The van der Waals surface area contributed by atoms with Gasteiger partial charge in [0.25, 0.3) is 0 Å². The quantitative estimate of drug-likeness (QED) is 0.542. The fourth-order valence-electron chi connectivity index (χ4n) is 0. The van der Waals surface area contributed by atoms with Crippen LogP contribution in [0.2, 0.25) is 4.81 Å². The second-order valence-corrected chi connectivity index (χ2v) is 1.25. The van der Waals surface area contributed by atoms with E-state index in [-0.39, 0.29) is 4.81 Å². The van der Waals surface area contributed by atoms with Crippen LogP contribution in [0.25, 0.3) is 0 Å². The van der Waals surface area contributed by atoms with Crippen LogP contribution in [0.5, 0.6) is 0 Å². The zero-order valence-electron chi connectivity index (χ0n) is 2.47. The van der Waals surface area contributed by atoms with Crippen LogP contribution in [0.3, 0.4) is 0 Å². The number of carboxylic acid groups (broad SMARTS) is 1. The number of carboxylic acids is 1. The average molecular weight is 155 g/mol. The third-order valence-electron chi connectivity index (χ3n) is 0.123. The molecule has 0 bridgehead atoms. The van der Waals surface area contributed by atoms with E-state index in [2.05, 4.69) is 0 Å². The Morgan fingerprint density at radius 3 is 2.20 bits per heavy atom. The van der Waals surface area contributed by atoms with E-state index in [9.17, 15) is 4.79 Å². The number of carbonyl (C=O) groups is 1. The van der Waals surface area contributed by atoms with Gasteiger partial charge in [-0.3, -0.25) is 0 Å². The number of aliphatic carboxylic acids is 1. The fourth-order valence-corrected chi connectivity index (χ4v) is 0. The van der Waals surface area contributed by atoms with E-state index in [0.717, 1.165) is 0 Å². The topological polar surface area (TPSA) is 37.3 Å². The molecule has 0 saturated carbocycles. The van der Waals surface area contributed by atoms with Gasteiger partial charge in [-0.25, -0.2) is 0 Å². The molecule has 0 atom stereocenters. The number of hydrogen-bond donors (Lipinski definition) is 1. The van der Waals surface area contributed by atoms with Crippen LogP contribution in [0, 0.1) is 0 Å². The molecule has 0 saturated heterocycles. The van der Waals surface area contributed by atoms with Crippen LogP contribution >= 0.6 is 0 Å². The summed E-state index contributed by atoms with van der Waals surface area (Å²) in [6.45, 7) is 0. The first-order valence-electron chi connectivity index (χ1n) is 1.07. The van der Waals surface area contributed by atoms with Crippen LogP contribution in [0.4, 0.5) is 0 Å². The van der Waals surface area contributed by atoms with Gasteiger partial charge >= 0.3 is 40.5 Å². The summed E-state index contributed by atoms with van der Waals surface area (Å²) in [6, 6.07) is 0. The molecule has 0 unspecified atom stereocenters. The zero-order valence-corrected chi connectivity index (χ0v) is 4.48. The van der Waals surface area contributed by atoms with Gasteiger partial charge in [-0.15, -0.1) is 0 Å². The van der Waals surface area contributed by atoms with Gasteiger partial charge in [-0.1, -0.05) is 0 Å². The van der Waals surface area contributed by atoms with Crippen molar-refractivity contribution in [3.8, 4) is 0 Å². The summed E-state index contributed by atoms with van der Waals surface area (Å²) < 4.78 is 0. The summed E-state index contributed by atoms with van der Waals surface area (Å²) in [5.74, 6) is -0.741. The van der Waals surface area contributed by atoms with Crippen molar-refractivity contribution in [1.29, 1.82) is 0 Å². The number of hydrogen-bond acceptors (Lipinski definition) is 1. The molecule has 0 aromatic rings. The molecular weight excluding hydrogens is 152 g/mol. The molecule has 0 heterocycles.